The summed E-state index contributed by atoms with van der Waals surface area (Å²) in [6, 6.07) is 5.12. The highest BCUT2D eigenvalue weighted by Gasteiger charge is 2.22. The van der Waals surface area contributed by atoms with Crippen LogP contribution < -0.4 is 5.32 Å². The van der Waals surface area contributed by atoms with Crippen LogP contribution in [0.3, 0.4) is 0 Å². The molecule has 32 heavy (non-hydrogen) atoms. The van der Waals surface area contributed by atoms with Gasteiger partial charge < -0.3 is 15.5 Å². The van der Waals surface area contributed by atoms with E-state index in [9.17, 15) is 15.0 Å². The van der Waals surface area contributed by atoms with Gasteiger partial charge in [0.2, 0.25) is 0 Å². The van der Waals surface area contributed by atoms with Crippen molar-refractivity contribution < 1.29 is 15.0 Å². The van der Waals surface area contributed by atoms with E-state index in [1.54, 1.807) is 30.6 Å². The zero-order valence-electron chi connectivity index (χ0n) is 19.7. The summed E-state index contributed by atoms with van der Waals surface area (Å²) >= 11 is 0. The molecule has 3 N–H and O–H groups in total. The van der Waals surface area contributed by atoms with Gasteiger partial charge in [-0.1, -0.05) is 43.1 Å². The summed E-state index contributed by atoms with van der Waals surface area (Å²) in [5.41, 5.74) is 4.28. The first-order valence-electron chi connectivity index (χ1n) is 11.4. The number of phenols is 2. The minimum absolute atomic E-state index is 0.0280. The van der Waals surface area contributed by atoms with E-state index >= 15 is 0 Å². The number of amides is 1. The lowest BCUT2D eigenvalue weighted by molar-refractivity contribution is 0.102. The second-order valence-electron chi connectivity index (χ2n) is 8.48. The Bertz CT molecular complexity index is 959. The van der Waals surface area contributed by atoms with Crippen LogP contribution in [0, 0.1) is 0 Å². The van der Waals surface area contributed by atoms with Gasteiger partial charge in [-0.25, -0.2) is 0 Å². The minimum Gasteiger partial charge on any atom is -0.508 e. The van der Waals surface area contributed by atoms with Crippen LogP contribution in [-0.4, -0.2) is 21.1 Å². The second-order valence-corrected chi connectivity index (χ2v) is 8.48. The maximum atomic E-state index is 13.1. The molecule has 0 spiro atoms. The van der Waals surface area contributed by atoms with Gasteiger partial charge >= 0.3 is 0 Å². The van der Waals surface area contributed by atoms with E-state index in [0.717, 1.165) is 32.1 Å². The average molecular weight is 437 g/mol. The molecule has 0 bridgehead atoms. The summed E-state index contributed by atoms with van der Waals surface area (Å²) in [7, 11) is 0. The summed E-state index contributed by atoms with van der Waals surface area (Å²) in [4.78, 5) is 17.1. The molecule has 2 aromatic rings. The minimum atomic E-state index is -0.396. The predicted octanol–water partition coefficient (Wildman–Crippen LogP) is 6.71. The fourth-order valence-corrected chi connectivity index (χ4v) is 3.56. The lowest BCUT2D eigenvalue weighted by atomic mass is 9.94. The van der Waals surface area contributed by atoms with Crippen LogP contribution in [-0.2, 0) is 12.8 Å². The first-order valence-corrected chi connectivity index (χ1v) is 11.4. The predicted molar refractivity (Wildman–Crippen MR) is 131 cm³/mol. The molecule has 0 aliphatic carbocycles. The number of anilines is 1. The standard InChI is InChI=1S/C27H36N2O3/c1-5-6-7-12-21-17-24(30)23(15-14-20(4)11-8-10-19(2)3)26(31)25(21)27(32)29-22-13-9-16-28-18-22/h9-10,13-14,16-18,30-31H,5-8,11-12,15H2,1-4H3,(H,29,32). The van der Waals surface area contributed by atoms with Crippen LogP contribution in [0.5, 0.6) is 11.5 Å². The molecule has 1 heterocycles. The van der Waals surface area contributed by atoms with Crippen LogP contribution in [0.4, 0.5) is 5.69 Å². The van der Waals surface area contributed by atoms with Crippen molar-refractivity contribution >= 4 is 11.6 Å². The van der Waals surface area contributed by atoms with Gasteiger partial charge in [0.15, 0.2) is 0 Å². The zero-order valence-corrected chi connectivity index (χ0v) is 19.7. The van der Waals surface area contributed by atoms with Crippen LogP contribution in [0.25, 0.3) is 0 Å². The number of pyridine rings is 1. The number of nitrogens with one attached hydrogen (secondary N) is 1. The molecule has 5 heteroatoms. The lowest BCUT2D eigenvalue weighted by Crippen LogP contribution is -2.15. The number of unbranched alkanes of at least 4 members (excludes halogenated alkanes) is 2. The van der Waals surface area contributed by atoms with E-state index in [4.69, 9.17) is 0 Å². The number of phenolic OH excluding ortho intramolecular Hbond substituents is 2. The lowest BCUT2D eigenvalue weighted by Gasteiger charge is -2.16. The SMILES string of the molecule is CCCCCc1cc(O)c(CC=C(C)CCC=C(C)C)c(O)c1C(=O)Nc1cccnc1. The van der Waals surface area contributed by atoms with Crippen molar-refractivity contribution in [3.63, 3.8) is 0 Å². The first kappa shape index (κ1) is 25.2. The summed E-state index contributed by atoms with van der Waals surface area (Å²) in [5.74, 6) is -0.515. The molecular weight excluding hydrogens is 400 g/mol. The summed E-state index contributed by atoms with van der Waals surface area (Å²) in [6.45, 7) is 8.31. The average Bonchev–Trinajstić information content (AvgIpc) is 2.74. The third-order valence-corrected chi connectivity index (χ3v) is 5.41. The molecular formula is C27H36N2O3. The van der Waals surface area contributed by atoms with Gasteiger partial charge in [-0.2, -0.15) is 0 Å². The molecule has 0 saturated heterocycles. The fourth-order valence-electron chi connectivity index (χ4n) is 3.56. The van der Waals surface area contributed by atoms with Crippen molar-refractivity contribution in [1.82, 2.24) is 4.98 Å². The number of hydrogen-bond donors (Lipinski definition) is 3. The molecule has 172 valence electrons. The highest BCUT2D eigenvalue weighted by molar-refractivity contribution is 6.07. The van der Waals surface area contributed by atoms with Crippen molar-refractivity contribution in [3.8, 4) is 11.5 Å². The number of carbonyl (C=O) groups excluding carboxylic acids is 1. The normalized spacial score (nSPS) is 11.3. The van der Waals surface area contributed by atoms with E-state index in [2.05, 4.69) is 37.1 Å². The number of allylic oxidation sites excluding steroid dienone is 4. The highest BCUT2D eigenvalue weighted by atomic mass is 16.3. The van der Waals surface area contributed by atoms with E-state index in [-0.39, 0.29) is 17.1 Å². The number of aryl methyl sites for hydroxylation is 1. The Labute approximate surface area is 191 Å². The smallest absolute Gasteiger partial charge is 0.259 e. The summed E-state index contributed by atoms with van der Waals surface area (Å²) < 4.78 is 0. The van der Waals surface area contributed by atoms with Crippen molar-refractivity contribution in [2.75, 3.05) is 5.32 Å². The van der Waals surface area contributed by atoms with Crippen molar-refractivity contribution in [3.05, 3.63) is 70.6 Å². The second kappa shape index (κ2) is 12.7. The summed E-state index contributed by atoms with van der Waals surface area (Å²) in [5, 5.41) is 24.5. The Hall–Kier alpha value is -3.08. The molecule has 0 unspecified atom stereocenters. The van der Waals surface area contributed by atoms with Crippen LogP contribution in [0.15, 0.2) is 53.9 Å². The molecule has 0 saturated carbocycles. The molecule has 0 aliphatic rings. The fraction of sp³-hybridized carbons (Fsp3) is 0.407. The maximum absolute atomic E-state index is 13.1. The van der Waals surface area contributed by atoms with Gasteiger partial charge in [-0.05, 0) is 76.6 Å². The zero-order chi connectivity index (χ0) is 23.5. The first-order chi connectivity index (χ1) is 15.3. The van der Waals surface area contributed by atoms with Gasteiger partial charge in [0.1, 0.15) is 11.5 Å². The Kier molecular flexibility index (Phi) is 9.99. The topological polar surface area (TPSA) is 82.5 Å². The molecule has 0 radical (unpaired) electrons. The van der Waals surface area contributed by atoms with Crippen LogP contribution in [0.2, 0.25) is 0 Å². The van der Waals surface area contributed by atoms with Gasteiger partial charge in [0, 0.05) is 11.8 Å². The molecule has 1 amide bonds. The Balaban J connectivity index is 2.33. The van der Waals surface area contributed by atoms with Gasteiger partial charge in [0.05, 0.1) is 17.4 Å². The van der Waals surface area contributed by atoms with E-state index < -0.39 is 5.91 Å². The quantitative estimate of drug-likeness (QED) is 0.270. The molecule has 0 fully saturated rings. The summed E-state index contributed by atoms with van der Waals surface area (Å²) in [6.07, 6.45) is 13.2. The molecule has 0 aliphatic heterocycles. The monoisotopic (exact) mass is 436 g/mol. The number of hydrogen-bond acceptors (Lipinski definition) is 4. The van der Waals surface area contributed by atoms with Gasteiger partial charge in [-0.15, -0.1) is 0 Å². The maximum Gasteiger partial charge on any atom is 0.259 e. The number of aromatic hydroxyl groups is 2. The molecule has 0 atom stereocenters. The highest BCUT2D eigenvalue weighted by Crippen LogP contribution is 2.36. The molecule has 1 aromatic carbocycles. The van der Waals surface area contributed by atoms with Crippen molar-refractivity contribution in [2.45, 2.75) is 72.6 Å². The third-order valence-electron chi connectivity index (χ3n) is 5.41. The van der Waals surface area contributed by atoms with Crippen LogP contribution >= 0.6 is 0 Å². The number of rotatable bonds is 11. The molecule has 2 rings (SSSR count). The Morgan fingerprint density at radius 1 is 1.16 bits per heavy atom. The molecule has 5 nitrogen and oxygen atoms in total. The number of benzene rings is 1. The van der Waals surface area contributed by atoms with Crippen molar-refractivity contribution in [2.24, 2.45) is 0 Å². The third kappa shape index (κ3) is 7.56. The van der Waals surface area contributed by atoms with Gasteiger partial charge in [-0.3, -0.25) is 9.78 Å². The van der Waals surface area contributed by atoms with E-state index in [1.165, 1.54) is 11.1 Å². The van der Waals surface area contributed by atoms with E-state index in [1.807, 2.05) is 13.0 Å². The Morgan fingerprint density at radius 2 is 1.94 bits per heavy atom. The largest absolute Gasteiger partial charge is 0.508 e. The Morgan fingerprint density at radius 3 is 2.59 bits per heavy atom. The number of aromatic nitrogens is 1. The van der Waals surface area contributed by atoms with Gasteiger partial charge in [0.25, 0.3) is 5.91 Å². The van der Waals surface area contributed by atoms with E-state index in [0.29, 0.717) is 29.7 Å². The van der Waals surface area contributed by atoms with Crippen LogP contribution in [0.1, 0.15) is 81.3 Å². The number of carbonyl (C=O) groups is 1. The number of nitrogens with zero attached hydrogens (tertiary/aromatic N) is 1. The van der Waals surface area contributed by atoms with Crippen molar-refractivity contribution in [1.29, 1.82) is 0 Å². The molecule has 1 aromatic heterocycles.